The average Bonchev–Trinajstić information content (AvgIpc) is 2.99. The van der Waals surface area contributed by atoms with Crippen LogP contribution in [0.5, 0.6) is 0 Å². The molecule has 3 rings (SSSR count). The van der Waals surface area contributed by atoms with Gasteiger partial charge in [0.25, 0.3) is 0 Å². The van der Waals surface area contributed by atoms with Gasteiger partial charge in [-0.2, -0.15) is 0 Å². The first-order chi connectivity index (χ1) is 9.78. The lowest BCUT2D eigenvalue weighted by molar-refractivity contribution is 0.0922. The number of hydrogen-bond acceptors (Lipinski definition) is 5. The molecule has 0 saturated heterocycles. The predicted molar refractivity (Wildman–Crippen MR) is 76.9 cm³/mol. The summed E-state index contributed by atoms with van der Waals surface area (Å²) in [6, 6.07) is 6.66. The minimum atomic E-state index is -0.378. The molecule has 2 aromatic heterocycles. The molecule has 2 aromatic rings. The van der Waals surface area contributed by atoms with E-state index in [0.29, 0.717) is 18.3 Å². The highest BCUT2D eigenvalue weighted by atomic mass is 32.1. The Morgan fingerprint density at radius 2 is 2.30 bits per heavy atom. The third kappa shape index (κ3) is 2.92. The van der Waals surface area contributed by atoms with Crippen molar-refractivity contribution in [3.05, 3.63) is 46.0 Å². The Morgan fingerprint density at radius 1 is 1.45 bits per heavy atom. The van der Waals surface area contributed by atoms with E-state index in [4.69, 9.17) is 10.3 Å². The van der Waals surface area contributed by atoms with E-state index in [1.165, 1.54) is 24.0 Å². The second kappa shape index (κ2) is 5.78. The summed E-state index contributed by atoms with van der Waals surface area (Å²) < 4.78 is 5.24. The Hall–Kier alpha value is -1.63. The fourth-order valence-corrected chi connectivity index (χ4v) is 3.03. The van der Waals surface area contributed by atoms with E-state index in [9.17, 15) is 4.79 Å². The van der Waals surface area contributed by atoms with E-state index >= 15 is 0 Å². The molecule has 1 aliphatic rings. The molecule has 5 nitrogen and oxygen atoms in total. The number of nitrogen functional groups attached to an aromatic ring is 1. The van der Waals surface area contributed by atoms with Crippen LogP contribution in [0.3, 0.4) is 0 Å². The maximum absolute atomic E-state index is 11.6. The lowest BCUT2D eigenvalue weighted by Gasteiger charge is -2.20. The number of hydrogen-bond donors (Lipinski definition) is 2. The second-order valence-electron chi connectivity index (χ2n) is 4.96. The summed E-state index contributed by atoms with van der Waals surface area (Å²) in [5, 5.41) is 2.09. The van der Waals surface area contributed by atoms with Crippen molar-refractivity contribution in [1.82, 2.24) is 10.3 Å². The first-order valence-electron chi connectivity index (χ1n) is 6.61. The van der Waals surface area contributed by atoms with Crippen LogP contribution in [-0.4, -0.2) is 16.8 Å². The normalized spacial score (nSPS) is 14.7. The number of carbonyl (C=O) groups is 1. The Labute approximate surface area is 121 Å². The minimum Gasteiger partial charge on any atom is -0.459 e. The molecular weight excluding hydrogens is 274 g/mol. The molecule has 1 aliphatic carbocycles. The molecule has 1 saturated carbocycles. The molecule has 106 valence electrons. The van der Waals surface area contributed by atoms with Crippen LogP contribution in [0.2, 0.25) is 0 Å². The summed E-state index contributed by atoms with van der Waals surface area (Å²) >= 11 is 1.76. The quantitative estimate of drug-likeness (QED) is 0.486. The van der Waals surface area contributed by atoms with Gasteiger partial charge < -0.3 is 4.42 Å². The summed E-state index contributed by atoms with van der Waals surface area (Å²) in [4.78, 5) is 15.4. The number of furan rings is 1. The zero-order chi connectivity index (χ0) is 13.9. The van der Waals surface area contributed by atoms with Crippen LogP contribution in [0.1, 0.15) is 33.8 Å². The first kappa shape index (κ1) is 13.4. The van der Waals surface area contributed by atoms with E-state index in [1.807, 2.05) is 6.07 Å². The topological polar surface area (TPSA) is 71.5 Å². The van der Waals surface area contributed by atoms with Crippen LogP contribution < -0.4 is 11.3 Å². The fourth-order valence-electron chi connectivity index (χ4n) is 2.30. The molecule has 2 heterocycles. The maximum Gasteiger partial charge on any atom is 0.301 e. The SMILES string of the molecule is NNC(=O)c1occc1CN(Cc1cccs1)C1CC1. The van der Waals surface area contributed by atoms with Crippen molar-refractivity contribution in [2.45, 2.75) is 32.0 Å². The Kier molecular flexibility index (Phi) is 3.86. The van der Waals surface area contributed by atoms with Crippen molar-refractivity contribution in [1.29, 1.82) is 0 Å². The lowest BCUT2D eigenvalue weighted by atomic mass is 10.2. The van der Waals surface area contributed by atoms with Crippen LogP contribution in [0.15, 0.2) is 34.3 Å². The molecule has 0 aromatic carbocycles. The summed E-state index contributed by atoms with van der Waals surface area (Å²) in [5.74, 6) is 5.10. The molecule has 6 heteroatoms. The molecule has 0 spiro atoms. The van der Waals surface area contributed by atoms with Gasteiger partial charge >= 0.3 is 5.91 Å². The van der Waals surface area contributed by atoms with Gasteiger partial charge in [-0.05, 0) is 30.4 Å². The van der Waals surface area contributed by atoms with Crippen LogP contribution in [0, 0.1) is 0 Å². The molecule has 20 heavy (non-hydrogen) atoms. The molecule has 0 radical (unpaired) electrons. The summed E-state index contributed by atoms with van der Waals surface area (Å²) in [5.41, 5.74) is 3.01. The number of hydrazine groups is 1. The van der Waals surface area contributed by atoms with Crippen LogP contribution in [-0.2, 0) is 13.1 Å². The second-order valence-corrected chi connectivity index (χ2v) is 6.00. The van der Waals surface area contributed by atoms with E-state index in [2.05, 4.69) is 27.8 Å². The van der Waals surface area contributed by atoms with Crippen molar-refractivity contribution in [2.75, 3.05) is 0 Å². The van der Waals surface area contributed by atoms with E-state index in [1.54, 1.807) is 11.3 Å². The average molecular weight is 291 g/mol. The Bertz CT molecular complexity index is 575. The maximum atomic E-state index is 11.6. The van der Waals surface area contributed by atoms with Gasteiger partial charge in [-0.25, -0.2) is 5.84 Å². The van der Waals surface area contributed by atoms with Crippen LogP contribution in [0.25, 0.3) is 0 Å². The van der Waals surface area contributed by atoms with Gasteiger partial charge in [-0.15, -0.1) is 11.3 Å². The van der Waals surface area contributed by atoms with Gasteiger partial charge in [0.15, 0.2) is 5.76 Å². The summed E-state index contributed by atoms with van der Waals surface area (Å²) in [7, 11) is 0. The van der Waals surface area contributed by atoms with Gasteiger partial charge in [-0.3, -0.25) is 15.1 Å². The number of nitrogens with two attached hydrogens (primary N) is 1. The minimum absolute atomic E-state index is 0.310. The van der Waals surface area contributed by atoms with Crippen molar-refractivity contribution >= 4 is 17.2 Å². The predicted octanol–water partition coefficient (Wildman–Crippen LogP) is 2.11. The summed E-state index contributed by atoms with van der Waals surface area (Å²) in [6.45, 7) is 1.62. The fraction of sp³-hybridized carbons (Fsp3) is 0.357. The zero-order valence-electron chi connectivity index (χ0n) is 11.0. The number of carbonyl (C=O) groups excluding carboxylic acids is 1. The van der Waals surface area contributed by atoms with Gasteiger partial charge in [0.2, 0.25) is 0 Å². The van der Waals surface area contributed by atoms with E-state index in [-0.39, 0.29) is 5.91 Å². The van der Waals surface area contributed by atoms with Crippen LogP contribution in [0.4, 0.5) is 0 Å². The van der Waals surface area contributed by atoms with Crippen molar-refractivity contribution in [3.8, 4) is 0 Å². The molecule has 0 bridgehead atoms. The van der Waals surface area contributed by atoms with Crippen molar-refractivity contribution < 1.29 is 9.21 Å². The highest BCUT2D eigenvalue weighted by molar-refractivity contribution is 7.09. The molecular formula is C14H17N3O2S. The number of amides is 1. The lowest BCUT2D eigenvalue weighted by Crippen LogP contribution is -2.31. The highest BCUT2D eigenvalue weighted by Gasteiger charge is 2.30. The number of nitrogens with zero attached hydrogens (tertiary/aromatic N) is 1. The van der Waals surface area contributed by atoms with Gasteiger partial charge in [0, 0.05) is 29.6 Å². The molecule has 3 N–H and O–H groups in total. The molecule has 0 unspecified atom stereocenters. The summed E-state index contributed by atoms with van der Waals surface area (Å²) in [6.07, 6.45) is 3.99. The number of nitrogens with one attached hydrogen (secondary N) is 1. The number of rotatable bonds is 6. The molecule has 0 aliphatic heterocycles. The third-order valence-corrected chi connectivity index (χ3v) is 4.32. The Morgan fingerprint density at radius 3 is 2.95 bits per heavy atom. The largest absolute Gasteiger partial charge is 0.459 e. The zero-order valence-corrected chi connectivity index (χ0v) is 11.9. The molecule has 0 atom stereocenters. The Balaban J connectivity index is 1.73. The third-order valence-electron chi connectivity index (χ3n) is 3.46. The van der Waals surface area contributed by atoms with Gasteiger partial charge in [-0.1, -0.05) is 6.07 Å². The van der Waals surface area contributed by atoms with Gasteiger partial charge in [0.1, 0.15) is 0 Å². The molecule has 1 amide bonds. The number of thiophene rings is 1. The highest BCUT2D eigenvalue weighted by Crippen LogP contribution is 2.31. The van der Waals surface area contributed by atoms with Gasteiger partial charge in [0.05, 0.1) is 6.26 Å². The molecule has 1 fully saturated rings. The van der Waals surface area contributed by atoms with Crippen molar-refractivity contribution in [3.63, 3.8) is 0 Å². The smallest absolute Gasteiger partial charge is 0.301 e. The first-order valence-corrected chi connectivity index (χ1v) is 7.49. The monoisotopic (exact) mass is 291 g/mol. The van der Waals surface area contributed by atoms with Crippen molar-refractivity contribution in [2.24, 2.45) is 5.84 Å². The van der Waals surface area contributed by atoms with E-state index < -0.39 is 0 Å². The van der Waals surface area contributed by atoms with E-state index in [0.717, 1.165) is 12.1 Å². The standard InChI is InChI=1S/C14H17N3O2S/c15-16-14(18)13-10(5-6-19-13)8-17(11-3-4-11)9-12-2-1-7-20-12/h1-2,5-7,11H,3-4,8-9,15H2,(H,16,18). The van der Waals surface area contributed by atoms with Crippen LogP contribution >= 0.6 is 11.3 Å².